The molecule has 222 valence electrons. The average molecular weight is 574 g/mol. The van der Waals surface area contributed by atoms with Gasteiger partial charge in [-0.2, -0.15) is 18.3 Å². The summed E-state index contributed by atoms with van der Waals surface area (Å²) in [4.78, 5) is 41.1. The van der Waals surface area contributed by atoms with Crippen molar-refractivity contribution in [3.63, 3.8) is 0 Å². The zero-order valence-electron chi connectivity index (χ0n) is 23.2. The third-order valence-electron chi connectivity index (χ3n) is 8.51. The van der Waals surface area contributed by atoms with Gasteiger partial charge in [0, 0.05) is 43.6 Å². The molecule has 8 nitrogen and oxygen atoms in total. The summed E-state index contributed by atoms with van der Waals surface area (Å²) in [5, 5.41) is 10.3. The van der Waals surface area contributed by atoms with E-state index in [9.17, 15) is 27.6 Å². The van der Waals surface area contributed by atoms with Gasteiger partial charge in [-0.05, 0) is 63.5 Å². The van der Waals surface area contributed by atoms with E-state index in [1.54, 1.807) is 15.6 Å². The standard InChI is InChI=1S/C30H38F3N5O3/c31-30(32,33)24-14-5-4-13-23(24)26-19-25(36-38(26)22-11-2-3-12-22)29(41)35-21(17-27(39)34-20-9-8-10-20)18-28(40)37-15-6-1-7-16-37/h4-5,13-14,19-22H,1-3,6-12,15-18H2,(H,34,39)(H,35,41). The van der Waals surface area contributed by atoms with Gasteiger partial charge in [-0.1, -0.05) is 31.0 Å². The van der Waals surface area contributed by atoms with Crippen molar-refractivity contribution in [3.8, 4) is 11.3 Å². The largest absolute Gasteiger partial charge is 0.417 e. The second-order valence-corrected chi connectivity index (χ2v) is 11.6. The van der Waals surface area contributed by atoms with E-state index >= 15 is 0 Å². The Morgan fingerprint density at radius 2 is 1.63 bits per heavy atom. The summed E-state index contributed by atoms with van der Waals surface area (Å²) in [6.07, 6.45) is 4.52. The monoisotopic (exact) mass is 573 g/mol. The summed E-state index contributed by atoms with van der Waals surface area (Å²) in [6.45, 7) is 1.31. The van der Waals surface area contributed by atoms with Gasteiger partial charge in [0.2, 0.25) is 11.8 Å². The summed E-state index contributed by atoms with van der Waals surface area (Å²) < 4.78 is 43.3. The fourth-order valence-corrected chi connectivity index (χ4v) is 6.07. The Morgan fingerprint density at radius 3 is 2.29 bits per heavy atom. The van der Waals surface area contributed by atoms with Crippen LogP contribution in [0.15, 0.2) is 30.3 Å². The normalized spacial score (nSPS) is 19.0. The topological polar surface area (TPSA) is 96.3 Å². The highest BCUT2D eigenvalue weighted by molar-refractivity contribution is 5.94. The van der Waals surface area contributed by atoms with Crippen molar-refractivity contribution in [3.05, 3.63) is 41.6 Å². The smallest absolute Gasteiger partial charge is 0.353 e. The van der Waals surface area contributed by atoms with E-state index in [0.717, 1.165) is 70.3 Å². The molecule has 1 aromatic heterocycles. The summed E-state index contributed by atoms with van der Waals surface area (Å²) in [7, 11) is 0. The van der Waals surface area contributed by atoms with Crippen LogP contribution < -0.4 is 10.6 Å². The second-order valence-electron chi connectivity index (χ2n) is 11.6. The molecule has 1 atom stereocenters. The number of nitrogens with zero attached hydrogens (tertiary/aromatic N) is 3. The number of piperidine rings is 1. The van der Waals surface area contributed by atoms with Gasteiger partial charge in [0.25, 0.3) is 5.91 Å². The van der Waals surface area contributed by atoms with Gasteiger partial charge in [-0.25, -0.2) is 0 Å². The number of alkyl halides is 3. The number of likely N-dealkylation sites (tertiary alicyclic amines) is 1. The minimum absolute atomic E-state index is 0.0290. The van der Waals surface area contributed by atoms with Gasteiger partial charge in [0.05, 0.1) is 17.3 Å². The van der Waals surface area contributed by atoms with Crippen molar-refractivity contribution in [2.75, 3.05) is 13.1 Å². The number of hydrogen-bond donors (Lipinski definition) is 2. The molecule has 41 heavy (non-hydrogen) atoms. The molecule has 2 saturated carbocycles. The van der Waals surface area contributed by atoms with Gasteiger partial charge < -0.3 is 15.5 Å². The fraction of sp³-hybridized carbons (Fsp3) is 0.600. The van der Waals surface area contributed by atoms with Crippen molar-refractivity contribution in [2.45, 2.75) is 101 Å². The molecule has 11 heteroatoms. The van der Waals surface area contributed by atoms with Gasteiger partial charge in [0.15, 0.2) is 5.69 Å². The zero-order valence-corrected chi connectivity index (χ0v) is 23.2. The molecule has 5 rings (SSSR count). The molecular weight excluding hydrogens is 535 g/mol. The Labute approximate surface area is 238 Å². The lowest BCUT2D eigenvalue weighted by Crippen LogP contribution is -2.46. The summed E-state index contributed by atoms with van der Waals surface area (Å²) in [5.41, 5.74) is -0.615. The van der Waals surface area contributed by atoms with Crippen LogP contribution in [0.4, 0.5) is 13.2 Å². The van der Waals surface area contributed by atoms with E-state index in [-0.39, 0.29) is 53.7 Å². The molecule has 0 spiro atoms. The van der Waals surface area contributed by atoms with Crippen molar-refractivity contribution in [2.24, 2.45) is 0 Å². The van der Waals surface area contributed by atoms with E-state index < -0.39 is 23.7 Å². The predicted molar refractivity (Wildman–Crippen MR) is 147 cm³/mol. The van der Waals surface area contributed by atoms with Crippen LogP contribution in [0.5, 0.6) is 0 Å². The zero-order chi connectivity index (χ0) is 29.0. The molecular formula is C30H38F3N5O3. The van der Waals surface area contributed by atoms with Crippen LogP contribution in [-0.4, -0.2) is 57.6 Å². The van der Waals surface area contributed by atoms with Gasteiger partial charge in [0.1, 0.15) is 0 Å². The molecule has 1 unspecified atom stereocenters. The molecule has 2 aliphatic carbocycles. The maximum absolute atomic E-state index is 13.9. The first kappa shape index (κ1) is 29.1. The number of benzene rings is 1. The van der Waals surface area contributed by atoms with Gasteiger partial charge in [-0.3, -0.25) is 19.1 Å². The third kappa shape index (κ3) is 7.11. The molecule has 0 radical (unpaired) electrons. The van der Waals surface area contributed by atoms with Crippen LogP contribution in [0.25, 0.3) is 11.3 Å². The SMILES string of the molecule is O=C(CC(CC(=O)N1CCCCC1)NC(=O)c1cc(-c2ccccc2C(F)(F)F)n(C2CCCC2)n1)NC1CCC1. The maximum Gasteiger partial charge on any atom is 0.417 e. The molecule has 3 fully saturated rings. The number of hydrogen-bond acceptors (Lipinski definition) is 4. The molecule has 3 amide bonds. The molecule has 1 aromatic carbocycles. The van der Waals surface area contributed by atoms with Crippen molar-refractivity contribution < 1.29 is 27.6 Å². The molecule has 2 aromatic rings. The number of carbonyl (C=O) groups excluding carboxylic acids is 3. The Hall–Kier alpha value is -3.37. The van der Waals surface area contributed by atoms with Gasteiger partial charge in [-0.15, -0.1) is 0 Å². The van der Waals surface area contributed by atoms with E-state index in [1.165, 1.54) is 18.2 Å². The quantitative estimate of drug-likeness (QED) is 0.429. The molecule has 3 aliphatic rings. The van der Waals surface area contributed by atoms with Crippen molar-refractivity contribution in [1.29, 1.82) is 0 Å². The van der Waals surface area contributed by atoms with Crippen molar-refractivity contribution in [1.82, 2.24) is 25.3 Å². The number of carbonyl (C=O) groups is 3. The minimum atomic E-state index is -4.57. The molecule has 1 aliphatic heterocycles. The summed E-state index contributed by atoms with van der Waals surface area (Å²) >= 11 is 0. The predicted octanol–water partition coefficient (Wildman–Crippen LogP) is 5.24. The van der Waals surface area contributed by atoms with Crippen LogP contribution in [0.3, 0.4) is 0 Å². The Kier molecular flexibility index (Phi) is 8.99. The van der Waals surface area contributed by atoms with Crippen LogP contribution >= 0.6 is 0 Å². The first-order valence-corrected chi connectivity index (χ1v) is 14.8. The van der Waals surface area contributed by atoms with E-state index in [1.807, 2.05) is 0 Å². The number of amides is 3. The number of aromatic nitrogens is 2. The highest BCUT2D eigenvalue weighted by Gasteiger charge is 2.36. The molecule has 2 N–H and O–H groups in total. The highest BCUT2D eigenvalue weighted by Crippen LogP contribution is 2.40. The lowest BCUT2D eigenvalue weighted by molar-refractivity contribution is -0.137. The lowest BCUT2D eigenvalue weighted by Gasteiger charge is -2.29. The average Bonchev–Trinajstić information content (AvgIpc) is 3.61. The Morgan fingerprint density at radius 1 is 0.927 bits per heavy atom. The van der Waals surface area contributed by atoms with Crippen LogP contribution in [-0.2, 0) is 15.8 Å². The van der Waals surface area contributed by atoms with Gasteiger partial charge >= 0.3 is 6.18 Å². The molecule has 0 bridgehead atoms. The summed E-state index contributed by atoms with van der Waals surface area (Å²) in [5.74, 6) is -0.967. The van der Waals surface area contributed by atoms with Crippen molar-refractivity contribution >= 4 is 17.7 Å². The van der Waals surface area contributed by atoms with E-state index in [4.69, 9.17) is 0 Å². The maximum atomic E-state index is 13.9. The second kappa shape index (κ2) is 12.7. The Bertz CT molecular complexity index is 1240. The first-order valence-electron chi connectivity index (χ1n) is 14.8. The number of rotatable bonds is 9. The van der Waals surface area contributed by atoms with E-state index in [2.05, 4.69) is 15.7 Å². The van der Waals surface area contributed by atoms with Crippen LogP contribution in [0.1, 0.15) is 99.1 Å². The Balaban J connectivity index is 1.39. The molecule has 2 heterocycles. The third-order valence-corrected chi connectivity index (χ3v) is 8.51. The van der Waals surface area contributed by atoms with Crippen LogP contribution in [0, 0.1) is 0 Å². The lowest BCUT2D eigenvalue weighted by atomic mass is 9.93. The van der Waals surface area contributed by atoms with E-state index in [0.29, 0.717) is 13.1 Å². The number of nitrogens with one attached hydrogen (secondary N) is 2. The minimum Gasteiger partial charge on any atom is -0.353 e. The first-order chi connectivity index (χ1) is 19.7. The number of halogens is 3. The van der Waals surface area contributed by atoms with Crippen LogP contribution in [0.2, 0.25) is 0 Å². The highest BCUT2D eigenvalue weighted by atomic mass is 19.4. The summed E-state index contributed by atoms with van der Waals surface area (Å²) in [6, 6.07) is 5.96. The molecule has 1 saturated heterocycles. The fourth-order valence-electron chi connectivity index (χ4n) is 6.07.